The van der Waals surface area contributed by atoms with E-state index in [0.717, 1.165) is 25.7 Å². The summed E-state index contributed by atoms with van der Waals surface area (Å²) in [7, 11) is 6.31. The third-order valence-corrected chi connectivity index (χ3v) is 4.78. The van der Waals surface area contributed by atoms with E-state index >= 15 is 0 Å². The molecule has 0 aliphatic heterocycles. The van der Waals surface area contributed by atoms with E-state index in [4.69, 9.17) is 4.74 Å². The fraction of sp³-hybridized carbons (Fsp3) is 0.952. The van der Waals surface area contributed by atoms with Gasteiger partial charge in [-0.25, -0.2) is 4.79 Å². The number of rotatable bonds is 16. The van der Waals surface area contributed by atoms with Crippen molar-refractivity contribution in [2.24, 2.45) is 0 Å². The van der Waals surface area contributed by atoms with Crippen molar-refractivity contribution < 1.29 is 14.0 Å². The molecule has 0 bridgehead atoms. The molecule has 0 unspecified atom stereocenters. The Labute approximate surface area is 151 Å². The van der Waals surface area contributed by atoms with Gasteiger partial charge in [-0.3, -0.25) is 0 Å². The van der Waals surface area contributed by atoms with Crippen molar-refractivity contribution in [1.29, 1.82) is 0 Å². The molecular formula is C21H44NO2+. The molecule has 0 amide bonds. The summed E-state index contributed by atoms with van der Waals surface area (Å²) in [5.41, 5.74) is 0. The van der Waals surface area contributed by atoms with Crippen LogP contribution in [0.15, 0.2) is 0 Å². The molecule has 3 nitrogen and oxygen atoms in total. The van der Waals surface area contributed by atoms with E-state index in [-0.39, 0.29) is 12.0 Å². The molecule has 0 rings (SSSR count). The van der Waals surface area contributed by atoms with Crippen molar-refractivity contribution in [3.8, 4) is 0 Å². The predicted octanol–water partition coefficient (Wildman–Crippen LogP) is 5.72. The van der Waals surface area contributed by atoms with Crippen molar-refractivity contribution in [2.75, 3.05) is 27.7 Å². The average Bonchev–Trinajstić information content (AvgIpc) is 2.51. The molecule has 24 heavy (non-hydrogen) atoms. The third kappa shape index (κ3) is 12.8. The van der Waals surface area contributed by atoms with Crippen LogP contribution in [0.4, 0.5) is 0 Å². The number of unbranched alkanes of at least 4 members (excludes halogenated alkanes) is 10. The fourth-order valence-electron chi connectivity index (χ4n) is 3.09. The fourth-order valence-corrected chi connectivity index (χ4v) is 3.09. The normalized spacial score (nSPS) is 13.0. The molecule has 3 heteroatoms. The molecule has 0 saturated heterocycles. The molecule has 144 valence electrons. The van der Waals surface area contributed by atoms with Gasteiger partial charge in [-0.1, -0.05) is 78.1 Å². The van der Waals surface area contributed by atoms with Crippen LogP contribution in [-0.2, 0) is 9.53 Å². The van der Waals surface area contributed by atoms with Crippen LogP contribution in [0.2, 0.25) is 0 Å². The second-order valence-corrected chi connectivity index (χ2v) is 8.12. The molecule has 0 aromatic rings. The maximum atomic E-state index is 12.4. The number of ether oxygens (including phenoxy) is 1. The van der Waals surface area contributed by atoms with Gasteiger partial charge in [0.2, 0.25) is 0 Å². The lowest BCUT2D eigenvalue weighted by Gasteiger charge is -2.32. The molecule has 0 radical (unpaired) electrons. The Morgan fingerprint density at radius 1 is 0.750 bits per heavy atom. The van der Waals surface area contributed by atoms with Gasteiger partial charge in [0.05, 0.1) is 27.7 Å². The lowest BCUT2D eigenvalue weighted by atomic mass is 10.0. The molecule has 0 N–H and O–H groups in total. The molecule has 1 atom stereocenters. The van der Waals surface area contributed by atoms with Crippen molar-refractivity contribution >= 4 is 5.97 Å². The largest absolute Gasteiger partial charge is 0.461 e. The third-order valence-electron chi connectivity index (χ3n) is 4.78. The molecule has 0 aliphatic carbocycles. The minimum atomic E-state index is -0.0173. The Morgan fingerprint density at radius 3 is 1.71 bits per heavy atom. The Hall–Kier alpha value is -0.570. The lowest BCUT2D eigenvalue weighted by molar-refractivity contribution is -0.887. The van der Waals surface area contributed by atoms with Gasteiger partial charge in [-0.15, -0.1) is 0 Å². The van der Waals surface area contributed by atoms with Gasteiger partial charge in [0.1, 0.15) is 0 Å². The number of hydrogen-bond acceptors (Lipinski definition) is 2. The maximum Gasteiger partial charge on any atom is 0.364 e. The van der Waals surface area contributed by atoms with Crippen molar-refractivity contribution in [1.82, 2.24) is 0 Å². The van der Waals surface area contributed by atoms with Gasteiger partial charge in [-0.2, -0.15) is 0 Å². The SMILES string of the molecule is CCCCCCCCCC[C@H](C(=O)OCCCCCC)[N+](C)(C)C. The van der Waals surface area contributed by atoms with Gasteiger partial charge < -0.3 is 9.22 Å². The highest BCUT2D eigenvalue weighted by atomic mass is 16.5. The highest BCUT2D eigenvalue weighted by molar-refractivity contribution is 5.74. The first-order chi connectivity index (χ1) is 11.4. The highest BCUT2D eigenvalue weighted by Gasteiger charge is 2.32. The van der Waals surface area contributed by atoms with Gasteiger partial charge in [0, 0.05) is 6.42 Å². The van der Waals surface area contributed by atoms with Crippen molar-refractivity contribution in [3.63, 3.8) is 0 Å². The monoisotopic (exact) mass is 342 g/mol. The van der Waals surface area contributed by atoms with Gasteiger partial charge in [-0.05, 0) is 12.8 Å². The van der Waals surface area contributed by atoms with Crippen LogP contribution in [0.1, 0.15) is 97.3 Å². The zero-order valence-corrected chi connectivity index (χ0v) is 17.2. The van der Waals surface area contributed by atoms with Crippen LogP contribution >= 0.6 is 0 Å². The van der Waals surface area contributed by atoms with E-state index in [1.54, 1.807) is 0 Å². The maximum absolute atomic E-state index is 12.4. The number of hydrogen-bond donors (Lipinski definition) is 0. The Morgan fingerprint density at radius 2 is 1.21 bits per heavy atom. The average molecular weight is 343 g/mol. The minimum Gasteiger partial charge on any atom is -0.461 e. The summed E-state index contributed by atoms with van der Waals surface area (Å²) >= 11 is 0. The van der Waals surface area contributed by atoms with Crippen LogP contribution < -0.4 is 0 Å². The number of carbonyl (C=O) groups is 1. The van der Waals surface area contributed by atoms with Crippen LogP contribution in [0.3, 0.4) is 0 Å². The standard InChI is InChI=1S/C21H44NO2/c1-6-8-10-12-13-14-15-16-18-20(22(3,4)5)21(23)24-19-17-11-9-7-2/h20H,6-19H2,1-5H3/q+1/t20-/m1/s1. The topological polar surface area (TPSA) is 26.3 Å². The zero-order chi connectivity index (χ0) is 18.3. The van der Waals surface area contributed by atoms with Crippen LogP contribution in [0.5, 0.6) is 0 Å². The van der Waals surface area contributed by atoms with Gasteiger partial charge in [0.25, 0.3) is 0 Å². The Balaban J connectivity index is 3.95. The Bertz CT molecular complexity index is 297. The quantitative estimate of drug-likeness (QED) is 0.204. The first-order valence-electron chi connectivity index (χ1n) is 10.4. The van der Waals surface area contributed by atoms with Crippen molar-refractivity contribution in [3.05, 3.63) is 0 Å². The van der Waals surface area contributed by atoms with E-state index in [1.165, 1.54) is 57.8 Å². The van der Waals surface area contributed by atoms with E-state index in [0.29, 0.717) is 11.1 Å². The lowest BCUT2D eigenvalue weighted by Crippen LogP contribution is -2.50. The number of quaternary nitrogens is 1. The number of likely N-dealkylation sites (N-methyl/N-ethyl adjacent to an activating group) is 1. The summed E-state index contributed by atoms with van der Waals surface area (Å²) in [6.07, 6.45) is 16.0. The van der Waals surface area contributed by atoms with E-state index < -0.39 is 0 Å². The molecule has 0 aromatic heterocycles. The van der Waals surface area contributed by atoms with E-state index in [1.807, 2.05) is 0 Å². The second kappa shape index (κ2) is 14.7. The van der Waals surface area contributed by atoms with Gasteiger partial charge >= 0.3 is 5.97 Å². The summed E-state index contributed by atoms with van der Waals surface area (Å²) in [5, 5.41) is 0. The number of esters is 1. The van der Waals surface area contributed by atoms with E-state index in [9.17, 15) is 4.79 Å². The molecule has 0 heterocycles. The number of carbonyl (C=O) groups excluding carboxylic acids is 1. The first-order valence-corrected chi connectivity index (χ1v) is 10.4. The first kappa shape index (κ1) is 23.4. The molecule has 0 aliphatic rings. The zero-order valence-electron chi connectivity index (χ0n) is 17.2. The van der Waals surface area contributed by atoms with E-state index in [2.05, 4.69) is 35.0 Å². The van der Waals surface area contributed by atoms with Crippen molar-refractivity contribution in [2.45, 2.75) is 103 Å². The smallest absolute Gasteiger partial charge is 0.364 e. The van der Waals surface area contributed by atoms with Crippen LogP contribution in [-0.4, -0.2) is 44.2 Å². The molecular weight excluding hydrogens is 298 g/mol. The summed E-state index contributed by atoms with van der Waals surface area (Å²) in [6, 6.07) is -0.0173. The molecule has 0 aromatic carbocycles. The summed E-state index contributed by atoms with van der Waals surface area (Å²) in [5.74, 6) is 0.00180. The van der Waals surface area contributed by atoms with Crippen LogP contribution in [0, 0.1) is 0 Å². The molecule has 0 fully saturated rings. The predicted molar refractivity (Wildman–Crippen MR) is 104 cm³/mol. The van der Waals surface area contributed by atoms with Crippen LogP contribution in [0.25, 0.3) is 0 Å². The number of nitrogens with zero attached hydrogens (tertiary/aromatic N) is 1. The Kier molecular flexibility index (Phi) is 14.4. The molecule has 0 saturated carbocycles. The summed E-state index contributed by atoms with van der Waals surface area (Å²) < 4.78 is 6.22. The summed E-state index contributed by atoms with van der Waals surface area (Å²) in [4.78, 5) is 12.4. The molecule has 0 spiro atoms. The summed E-state index contributed by atoms with van der Waals surface area (Å²) in [6.45, 7) is 5.05. The van der Waals surface area contributed by atoms with Gasteiger partial charge in [0.15, 0.2) is 6.04 Å². The highest BCUT2D eigenvalue weighted by Crippen LogP contribution is 2.16. The second-order valence-electron chi connectivity index (χ2n) is 8.12. The minimum absolute atomic E-state index is 0.00180.